The number of nitrogens with zero attached hydrogens (tertiary/aromatic N) is 1. The third-order valence-corrected chi connectivity index (χ3v) is 3.26. The minimum absolute atomic E-state index is 0.208. The standard InChI is InChI=1S/C17H22FN3O2/c1-2-19-17(21-12-15(22)16-4-3-11-23-16)20-10-9-13-5-7-14(18)8-6-13/h3-8,11,15,22H,2,9-10,12H2,1H3,(H2,19,20,21). The number of hydrogen-bond donors (Lipinski definition) is 3. The summed E-state index contributed by atoms with van der Waals surface area (Å²) in [6.07, 6.45) is 1.51. The van der Waals surface area contributed by atoms with E-state index in [4.69, 9.17) is 4.42 Å². The maximum atomic E-state index is 12.9. The molecule has 2 rings (SSSR count). The van der Waals surface area contributed by atoms with E-state index >= 15 is 0 Å². The van der Waals surface area contributed by atoms with Crippen LogP contribution in [0.2, 0.25) is 0 Å². The van der Waals surface area contributed by atoms with Gasteiger partial charge in [-0.05, 0) is 43.2 Å². The Kier molecular flexibility index (Phi) is 6.62. The third kappa shape index (κ3) is 5.75. The van der Waals surface area contributed by atoms with Gasteiger partial charge in [0, 0.05) is 13.1 Å². The van der Waals surface area contributed by atoms with Crippen LogP contribution in [0, 0.1) is 5.82 Å². The zero-order valence-electron chi connectivity index (χ0n) is 13.1. The summed E-state index contributed by atoms with van der Waals surface area (Å²) in [5.74, 6) is 0.889. The Morgan fingerprint density at radius 3 is 2.70 bits per heavy atom. The molecule has 124 valence electrons. The highest BCUT2D eigenvalue weighted by Crippen LogP contribution is 2.12. The lowest BCUT2D eigenvalue weighted by atomic mass is 10.1. The molecule has 1 aromatic carbocycles. The zero-order valence-corrected chi connectivity index (χ0v) is 13.1. The molecule has 6 heteroatoms. The molecule has 1 atom stereocenters. The first kappa shape index (κ1) is 17.0. The van der Waals surface area contributed by atoms with Gasteiger partial charge in [0.1, 0.15) is 17.7 Å². The lowest BCUT2D eigenvalue weighted by molar-refractivity contribution is 0.158. The summed E-state index contributed by atoms with van der Waals surface area (Å²) < 4.78 is 18.0. The number of aliphatic hydroxyl groups excluding tert-OH is 1. The molecular weight excluding hydrogens is 297 g/mol. The fraction of sp³-hybridized carbons (Fsp3) is 0.353. The Balaban J connectivity index is 1.82. The molecule has 0 aliphatic rings. The Morgan fingerprint density at radius 2 is 2.04 bits per heavy atom. The quantitative estimate of drug-likeness (QED) is 0.541. The largest absolute Gasteiger partial charge is 0.467 e. The number of benzene rings is 1. The van der Waals surface area contributed by atoms with E-state index in [2.05, 4.69) is 15.6 Å². The number of nitrogens with one attached hydrogen (secondary N) is 2. The first-order valence-corrected chi connectivity index (χ1v) is 7.67. The smallest absolute Gasteiger partial charge is 0.191 e. The van der Waals surface area contributed by atoms with Crippen LogP contribution in [0.5, 0.6) is 0 Å². The van der Waals surface area contributed by atoms with Gasteiger partial charge in [0.2, 0.25) is 0 Å². The van der Waals surface area contributed by atoms with Crippen LogP contribution in [0.15, 0.2) is 52.1 Å². The average molecular weight is 319 g/mol. The van der Waals surface area contributed by atoms with Crippen LogP contribution in [-0.2, 0) is 6.42 Å². The minimum atomic E-state index is -0.766. The van der Waals surface area contributed by atoms with Crippen LogP contribution in [0.4, 0.5) is 4.39 Å². The molecule has 0 saturated carbocycles. The minimum Gasteiger partial charge on any atom is -0.467 e. The van der Waals surface area contributed by atoms with Crippen LogP contribution in [-0.4, -0.2) is 30.7 Å². The molecule has 0 radical (unpaired) electrons. The van der Waals surface area contributed by atoms with Crippen molar-refractivity contribution in [3.05, 3.63) is 59.8 Å². The maximum Gasteiger partial charge on any atom is 0.191 e. The van der Waals surface area contributed by atoms with Gasteiger partial charge in [-0.2, -0.15) is 0 Å². The van der Waals surface area contributed by atoms with Gasteiger partial charge in [-0.3, -0.25) is 4.99 Å². The van der Waals surface area contributed by atoms with Crippen molar-refractivity contribution in [2.75, 3.05) is 19.6 Å². The zero-order chi connectivity index (χ0) is 16.5. The van der Waals surface area contributed by atoms with Crippen LogP contribution in [0.1, 0.15) is 24.4 Å². The van der Waals surface area contributed by atoms with Crippen LogP contribution < -0.4 is 10.6 Å². The highest BCUT2D eigenvalue weighted by atomic mass is 19.1. The van der Waals surface area contributed by atoms with Crippen LogP contribution >= 0.6 is 0 Å². The number of guanidine groups is 1. The maximum absolute atomic E-state index is 12.9. The first-order valence-electron chi connectivity index (χ1n) is 7.67. The Hall–Kier alpha value is -2.34. The summed E-state index contributed by atoms with van der Waals surface area (Å²) in [4.78, 5) is 4.34. The van der Waals surface area contributed by atoms with Gasteiger partial charge in [-0.15, -0.1) is 0 Å². The molecule has 3 N–H and O–H groups in total. The predicted octanol–water partition coefficient (Wildman–Crippen LogP) is 2.25. The molecule has 1 aromatic heterocycles. The summed E-state index contributed by atoms with van der Waals surface area (Å²) in [5.41, 5.74) is 1.05. The molecule has 5 nitrogen and oxygen atoms in total. The molecule has 2 aromatic rings. The van der Waals surface area contributed by atoms with E-state index in [1.165, 1.54) is 18.4 Å². The van der Waals surface area contributed by atoms with Gasteiger partial charge in [-0.25, -0.2) is 4.39 Å². The number of halogens is 1. The summed E-state index contributed by atoms with van der Waals surface area (Å²) in [6.45, 7) is 3.56. The number of rotatable bonds is 7. The molecule has 0 aliphatic heterocycles. The second kappa shape index (κ2) is 8.95. The van der Waals surface area contributed by atoms with Crippen molar-refractivity contribution in [3.63, 3.8) is 0 Å². The monoisotopic (exact) mass is 319 g/mol. The molecule has 1 heterocycles. The van der Waals surface area contributed by atoms with Gasteiger partial charge >= 0.3 is 0 Å². The van der Waals surface area contributed by atoms with Crippen molar-refractivity contribution in [2.45, 2.75) is 19.4 Å². The van der Waals surface area contributed by atoms with Crippen LogP contribution in [0.25, 0.3) is 0 Å². The SMILES string of the molecule is CCNC(=NCC(O)c1ccco1)NCCc1ccc(F)cc1. The van der Waals surface area contributed by atoms with E-state index in [9.17, 15) is 9.50 Å². The van der Waals surface area contributed by atoms with Crippen molar-refractivity contribution in [3.8, 4) is 0 Å². The number of furan rings is 1. The second-order valence-electron chi connectivity index (χ2n) is 5.05. The van der Waals surface area contributed by atoms with E-state index in [0.29, 0.717) is 18.3 Å². The molecule has 0 amide bonds. The Morgan fingerprint density at radius 1 is 1.26 bits per heavy atom. The molecule has 0 aliphatic carbocycles. The van der Waals surface area contributed by atoms with Gasteiger partial charge in [0.15, 0.2) is 5.96 Å². The van der Waals surface area contributed by atoms with Gasteiger partial charge in [0.05, 0.1) is 12.8 Å². The number of aliphatic hydroxyl groups is 1. The van der Waals surface area contributed by atoms with E-state index in [1.54, 1.807) is 24.3 Å². The second-order valence-corrected chi connectivity index (χ2v) is 5.05. The topological polar surface area (TPSA) is 69.8 Å². The molecule has 0 saturated heterocycles. The van der Waals surface area contributed by atoms with Crippen molar-refractivity contribution in [1.29, 1.82) is 0 Å². The number of hydrogen-bond acceptors (Lipinski definition) is 3. The normalized spacial score (nSPS) is 12.9. The van der Waals surface area contributed by atoms with Gasteiger partial charge in [-0.1, -0.05) is 12.1 Å². The molecule has 0 spiro atoms. The lowest BCUT2D eigenvalue weighted by Gasteiger charge is -2.12. The average Bonchev–Trinajstić information content (AvgIpc) is 3.08. The Bertz CT molecular complexity index is 597. The molecule has 23 heavy (non-hydrogen) atoms. The van der Waals surface area contributed by atoms with Crippen molar-refractivity contribution in [1.82, 2.24) is 10.6 Å². The van der Waals surface area contributed by atoms with E-state index in [0.717, 1.165) is 18.5 Å². The highest BCUT2D eigenvalue weighted by Gasteiger charge is 2.09. The Labute approximate surface area is 135 Å². The van der Waals surface area contributed by atoms with Crippen LogP contribution in [0.3, 0.4) is 0 Å². The summed E-state index contributed by atoms with van der Waals surface area (Å²) in [5, 5.41) is 16.3. The van der Waals surface area contributed by atoms with E-state index < -0.39 is 6.10 Å². The van der Waals surface area contributed by atoms with E-state index in [-0.39, 0.29) is 12.4 Å². The summed E-state index contributed by atoms with van der Waals surface area (Å²) in [6, 6.07) is 9.88. The fourth-order valence-corrected chi connectivity index (χ4v) is 2.07. The summed E-state index contributed by atoms with van der Waals surface area (Å²) in [7, 11) is 0. The highest BCUT2D eigenvalue weighted by molar-refractivity contribution is 5.79. The number of aliphatic imine (C=N–C) groups is 1. The first-order chi connectivity index (χ1) is 11.2. The molecule has 0 bridgehead atoms. The van der Waals surface area contributed by atoms with Crippen molar-refractivity contribution >= 4 is 5.96 Å². The van der Waals surface area contributed by atoms with E-state index in [1.807, 2.05) is 6.92 Å². The predicted molar refractivity (Wildman–Crippen MR) is 87.8 cm³/mol. The molecule has 1 unspecified atom stereocenters. The van der Waals surface area contributed by atoms with Crippen molar-refractivity contribution < 1.29 is 13.9 Å². The third-order valence-electron chi connectivity index (χ3n) is 3.26. The molecule has 0 fully saturated rings. The lowest BCUT2D eigenvalue weighted by Crippen LogP contribution is -2.38. The molecular formula is C17H22FN3O2. The van der Waals surface area contributed by atoms with Crippen molar-refractivity contribution in [2.24, 2.45) is 4.99 Å². The summed E-state index contributed by atoms with van der Waals surface area (Å²) >= 11 is 0. The van der Waals surface area contributed by atoms with Gasteiger partial charge < -0.3 is 20.2 Å². The van der Waals surface area contributed by atoms with Gasteiger partial charge in [0.25, 0.3) is 0 Å². The fourth-order valence-electron chi connectivity index (χ4n) is 2.07.